The van der Waals surface area contributed by atoms with E-state index in [-0.39, 0.29) is 0 Å². The number of rotatable bonds is 2. The highest BCUT2D eigenvalue weighted by Gasteiger charge is 2.19. The Kier molecular flexibility index (Phi) is 2.30. The summed E-state index contributed by atoms with van der Waals surface area (Å²) < 4.78 is 25.8. The summed E-state index contributed by atoms with van der Waals surface area (Å²) in [5.74, 6) is 0. The average molecular weight is 288 g/mol. The fourth-order valence-electron chi connectivity index (χ4n) is 1.20. The minimum Gasteiger partial charge on any atom is -0.0619 e. The van der Waals surface area contributed by atoms with Crippen LogP contribution >= 0.6 is 0 Å². The Morgan fingerprint density at radius 3 is 2.85 bits per heavy atom. The standard InChI is InChI=1S/C12H14I/c1-3-7-11(8-4-1)13-12-9-5-2-6-10-12/h1,3-4,7-9H,2,5-6,10H2/q+1/i9D,10D2. The Balaban J connectivity index is 2.26. The van der Waals surface area contributed by atoms with Gasteiger partial charge in [0.25, 0.3) is 0 Å². The van der Waals surface area contributed by atoms with Crippen molar-refractivity contribution in [1.82, 2.24) is 0 Å². The molecule has 0 fully saturated rings. The Hall–Kier alpha value is -0.310. The van der Waals surface area contributed by atoms with Crippen LogP contribution in [0.1, 0.15) is 29.7 Å². The first-order valence-corrected chi connectivity index (χ1v) is 6.65. The second-order valence-corrected chi connectivity index (χ2v) is 5.77. The lowest BCUT2D eigenvalue weighted by molar-refractivity contribution is -0.579. The lowest BCUT2D eigenvalue weighted by atomic mass is 10.1. The van der Waals surface area contributed by atoms with Crippen molar-refractivity contribution < 1.29 is 25.3 Å². The predicted molar refractivity (Wildman–Crippen MR) is 51.7 cm³/mol. The van der Waals surface area contributed by atoms with Gasteiger partial charge in [-0.25, -0.2) is 0 Å². The Morgan fingerprint density at radius 1 is 1.23 bits per heavy atom. The van der Waals surface area contributed by atoms with E-state index in [2.05, 4.69) is 0 Å². The van der Waals surface area contributed by atoms with E-state index >= 15 is 0 Å². The molecule has 0 nitrogen and oxygen atoms in total. The van der Waals surface area contributed by atoms with Crippen LogP contribution in [0.25, 0.3) is 0 Å². The molecule has 0 bridgehead atoms. The molecule has 1 aromatic rings. The third-order valence-corrected chi connectivity index (χ3v) is 4.49. The Bertz CT molecular complexity index is 398. The van der Waals surface area contributed by atoms with Gasteiger partial charge in [0, 0.05) is 9.11 Å². The topological polar surface area (TPSA) is 0 Å². The summed E-state index contributed by atoms with van der Waals surface area (Å²) in [6.07, 6.45) is 0.908. The van der Waals surface area contributed by atoms with E-state index in [0.717, 1.165) is 16.4 Å². The molecule has 0 atom stereocenters. The van der Waals surface area contributed by atoms with E-state index in [9.17, 15) is 0 Å². The van der Waals surface area contributed by atoms with Crippen LogP contribution in [0.4, 0.5) is 0 Å². The van der Waals surface area contributed by atoms with Crippen LogP contribution in [-0.4, -0.2) is 0 Å². The SMILES string of the molecule is [2H]C1=C([I+]c2ccccc2)C([2H])([2H])CCC1. The van der Waals surface area contributed by atoms with E-state index < -0.39 is 27.6 Å². The maximum absolute atomic E-state index is 7.98. The molecule has 1 aliphatic rings. The molecule has 0 saturated heterocycles. The Morgan fingerprint density at radius 2 is 2.08 bits per heavy atom. The molecule has 0 amide bonds. The van der Waals surface area contributed by atoms with Crippen molar-refractivity contribution in [2.45, 2.75) is 25.6 Å². The van der Waals surface area contributed by atoms with Crippen molar-refractivity contribution in [2.75, 3.05) is 0 Å². The fourth-order valence-corrected chi connectivity index (χ4v) is 3.52. The first-order valence-electron chi connectivity index (χ1n) is 6.00. The van der Waals surface area contributed by atoms with E-state index in [1.165, 1.54) is 3.57 Å². The van der Waals surface area contributed by atoms with Crippen molar-refractivity contribution in [3.05, 3.63) is 43.5 Å². The van der Waals surface area contributed by atoms with Gasteiger partial charge in [0.15, 0.2) is 7.15 Å². The first-order chi connectivity index (χ1) is 7.59. The normalized spacial score (nSPS) is 24.8. The van der Waals surface area contributed by atoms with Gasteiger partial charge >= 0.3 is 21.2 Å². The van der Waals surface area contributed by atoms with E-state index in [1.807, 2.05) is 30.3 Å². The zero-order valence-electron chi connectivity index (χ0n) is 10.4. The molecule has 0 aliphatic heterocycles. The third kappa shape index (κ3) is 2.83. The molecular formula is C12H14I+. The largest absolute Gasteiger partial charge is 0.352 e. The monoisotopic (exact) mass is 288 g/mol. The van der Waals surface area contributed by atoms with Gasteiger partial charge < -0.3 is 0 Å². The lowest BCUT2D eigenvalue weighted by Gasteiger charge is -2.01. The van der Waals surface area contributed by atoms with Gasteiger partial charge in [-0.3, -0.25) is 0 Å². The van der Waals surface area contributed by atoms with Crippen LogP contribution in [-0.2, 0) is 0 Å². The molecule has 0 unspecified atom stereocenters. The molecule has 0 aromatic heterocycles. The quantitative estimate of drug-likeness (QED) is 0.691. The second kappa shape index (κ2) is 4.80. The fraction of sp³-hybridized carbons (Fsp3) is 0.333. The van der Waals surface area contributed by atoms with Gasteiger partial charge in [0.2, 0.25) is 0 Å². The summed E-state index contributed by atoms with van der Waals surface area (Å²) in [6, 6.07) is 10.6. The second-order valence-electron chi connectivity index (χ2n) is 2.91. The molecule has 13 heavy (non-hydrogen) atoms. The molecule has 1 aliphatic carbocycles. The van der Waals surface area contributed by atoms with Gasteiger partial charge in [-0.1, -0.05) is 18.2 Å². The maximum atomic E-state index is 7.98. The van der Waals surface area contributed by atoms with E-state index in [0.29, 0.717) is 12.5 Å². The van der Waals surface area contributed by atoms with Crippen LogP contribution < -0.4 is 21.2 Å². The summed E-state index contributed by atoms with van der Waals surface area (Å²) in [4.78, 5) is 0. The number of hydrogen-bond acceptors (Lipinski definition) is 0. The van der Waals surface area contributed by atoms with Gasteiger partial charge in [-0.15, -0.1) is 0 Å². The number of hydrogen-bond donors (Lipinski definition) is 0. The molecule has 1 heteroatoms. The number of allylic oxidation sites excluding steroid dienone is 2. The highest BCUT2D eigenvalue weighted by molar-refractivity contribution is 5.01. The van der Waals surface area contributed by atoms with Crippen molar-refractivity contribution in [1.29, 1.82) is 0 Å². The maximum Gasteiger partial charge on any atom is 0.352 e. The zero-order valence-corrected chi connectivity index (χ0v) is 9.54. The molecule has 1 aromatic carbocycles. The minimum atomic E-state index is -1.24. The van der Waals surface area contributed by atoms with Crippen LogP contribution in [0, 0.1) is 3.57 Å². The summed E-state index contributed by atoms with van der Waals surface area (Å²) in [6.45, 7) is 0. The van der Waals surface area contributed by atoms with Crippen molar-refractivity contribution in [3.8, 4) is 0 Å². The summed E-state index contributed by atoms with van der Waals surface area (Å²) in [5.41, 5.74) is 0. The smallest absolute Gasteiger partial charge is 0.0619 e. The molecule has 0 spiro atoms. The minimum absolute atomic E-state index is 0.507. The molecule has 2 rings (SSSR count). The van der Waals surface area contributed by atoms with Crippen LogP contribution in [0.3, 0.4) is 0 Å². The third-order valence-electron chi connectivity index (χ3n) is 1.85. The zero-order chi connectivity index (χ0) is 11.6. The van der Waals surface area contributed by atoms with Crippen LogP contribution in [0.15, 0.2) is 40.0 Å². The van der Waals surface area contributed by atoms with Crippen molar-refractivity contribution >= 4 is 0 Å². The molecular weight excluding hydrogens is 271 g/mol. The van der Waals surface area contributed by atoms with Gasteiger partial charge in [-0.05, 0) is 37.4 Å². The number of benzene rings is 1. The first kappa shape index (κ1) is 6.23. The van der Waals surface area contributed by atoms with Crippen molar-refractivity contribution in [3.63, 3.8) is 0 Å². The van der Waals surface area contributed by atoms with Gasteiger partial charge in [-0.2, -0.15) is 0 Å². The van der Waals surface area contributed by atoms with E-state index in [4.69, 9.17) is 4.11 Å². The average Bonchev–Trinajstić information content (AvgIpc) is 2.25. The molecule has 0 N–H and O–H groups in total. The number of halogens is 1. The van der Waals surface area contributed by atoms with Gasteiger partial charge in [0.05, 0.1) is 1.37 Å². The van der Waals surface area contributed by atoms with Crippen molar-refractivity contribution in [2.24, 2.45) is 0 Å². The molecule has 68 valence electrons. The summed E-state index contributed by atoms with van der Waals surface area (Å²) in [7, 11) is 0. The van der Waals surface area contributed by atoms with E-state index in [1.54, 1.807) is 0 Å². The predicted octanol–water partition coefficient (Wildman–Crippen LogP) is 0.403. The van der Waals surface area contributed by atoms with Crippen LogP contribution in [0.5, 0.6) is 0 Å². The Labute approximate surface area is 94.5 Å². The summed E-state index contributed by atoms with van der Waals surface area (Å²) >= 11 is -0.507. The highest BCUT2D eigenvalue weighted by atomic mass is 127. The van der Waals surface area contributed by atoms with Crippen LogP contribution in [0.2, 0.25) is 0 Å². The lowest BCUT2D eigenvalue weighted by Crippen LogP contribution is -3.61. The van der Waals surface area contributed by atoms with Gasteiger partial charge in [0.1, 0.15) is 0 Å². The molecule has 0 radical (unpaired) electrons. The molecule has 0 saturated carbocycles. The highest BCUT2D eigenvalue weighted by Crippen LogP contribution is 2.10. The molecule has 0 heterocycles. The summed E-state index contributed by atoms with van der Waals surface area (Å²) in [5, 5.41) is 0.